The van der Waals surface area contributed by atoms with Crippen molar-refractivity contribution in [2.75, 3.05) is 19.1 Å². The van der Waals surface area contributed by atoms with E-state index in [1.165, 1.54) is 37.9 Å². The Kier molecular flexibility index (Phi) is 1.73. The summed E-state index contributed by atoms with van der Waals surface area (Å²) in [7, 11) is 0. The lowest BCUT2D eigenvalue weighted by molar-refractivity contribution is -0.914. The van der Waals surface area contributed by atoms with Gasteiger partial charge in [-0.2, -0.15) is 0 Å². The number of quaternary nitrogens is 1. The first-order valence-corrected chi connectivity index (χ1v) is 4.91. The fourth-order valence-corrected chi connectivity index (χ4v) is 3.03. The van der Waals surface area contributed by atoms with Gasteiger partial charge in [0.25, 0.3) is 0 Å². The van der Waals surface area contributed by atoms with Crippen LogP contribution in [-0.2, 0) is 0 Å². The predicted molar refractivity (Wildman–Crippen MR) is 47.5 cm³/mol. The molecule has 2 rings (SSSR count). The molecule has 0 spiro atoms. The smallest absolute Gasteiger partial charge is 0.155 e. The third-order valence-electron chi connectivity index (χ3n) is 3.33. The minimum atomic E-state index is 0.715. The van der Waals surface area contributed by atoms with Crippen molar-refractivity contribution in [2.45, 2.75) is 25.3 Å². The van der Waals surface area contributed by atoms with Crippen LogP contribution >= 0.6 is 11.6 Å². The van der Waals surface area contributed by atoms with E-state index >= 15 is 0 Å². The Hall–Kier alpha value is -0.0100. The highest BCUT2D eigenvalue weighted by molar-refractivity contribution is 6.17. The minimum absolute atomic E-state index is 0.715. The van der Waals surface area contributed by atoms with Crippen LogP contribution in [0.1, 0.15) is 19.3 Å². The van der Waals surface area contributed by atoms with Gasteiger partial charge in [-0.15, -0.1) is 0 Å². The largest absolute Gasteiger partial charge is 0.305 e. The van der Waals surface area contributed by atoms with Crippen LogP contribution in [0.25, 0.3) is 0 Å². The summed E-state index contributed by atoms with van der Waals surface area (Å²) in [5.74, 6) is 0. The summed E-state index contributed by atoms with van der Waals surface area (Å²) < 4.78 is 1.14. The van der Waals surface area contributed by atoms with Crippen molar-refractivity contribution in [3.05, 3.63) is 12.2 Å². The van der Waals surface area contributed by atoms with Crippen LogP contribution in [0, 0.1) is 0 Å². The number of alkyl halides is 1. The fraction of sp³-hybridized carbons (Fsp3) is 0.778. The zero-order valence-corrected chi connectivity index (χ0v) is 7.61. The third-order valence-corrected chi connectivity index (χ3v) is 3.81. The molecule has 0 radical (unpaired) electrons. The molecule has 2 heterocycles. The molecule has 2 saturated heterocycles. The monoisotopic (exact) mass is 172 g/mol. The maximum atomic E-state index is 6.00. The third kappa shape index (κ3) is 0.944. The molecule has 2 aliphatic rings. The van der Waals surface area contributed by atoms with E-state index < -0.39 is 0 Å². The highest BCUT2D eigenvalue weighted by Crippen LogP contribution is 2.39. The average molecular weight is 173 g/mol. The van der Waals surface area contributed by atoms with Gasteiger partial charge in [-0.05, 0) is 5.57 Å². The maximum absolute atomic E-state index is 6.00. The van der Waals surface area contributed by atoms with Crippen LogP contribution in [0.4, 0.5) is 0 Å². The molecule has 0 aromatic rings. The second-order valence-corrected chi connectivity index (χ2v) is 4.09. The molecule has 0 N–H and O–H groups in total. The van der Waals surface area contributed by atoms with E-state index in [4.69, 9.17) is 11.6 Å². The molecule has 2 atom stereocenters. The topological polar surface area (TPSA) is 0 Å². The molecule has 2 heteroatoms. The van der Waals surface area contributed by atoms with Gasteiger partial charge in [-0.3, -0.25) is 0 Å². The summed E-state index contributed by atoms with van der Waals surface area (Å²) >= 11 is 6.00. The van der Waals surface area contributed by atoms with E-state index in [0.717, 1.165) is 10.5 Å². The second-order valence-electron chi connectivity index (χ2n) is 3.85. The number of fused-ring (bicyclic) bond motifs is 1. The van der Waals surface area contributed by atoms with Gasteiger partial charge in [-0.1, -0.05) is 18.2 Å². The zero-order valence-electron chi connectivity index (χ0n) is 6.85. The summed E-state index contributed by atoms with van der Waals surface area (Å²) in [6.45, 7) is 6.64. The van der Waals surface area contributed by atoms with Crippen LogP contribution in [0.15, 0.2) is 12.2 Å². The standard InChI is InChI=1S/C9H15ClN/c1-8-4-6-11(7-10)5-2-3-9(8)11/h9H,1-7H2/q+1. The van der Waals surface area contributed by atoms with E-state index in [2.05, 4.69) is 6.58 Å². The van der Waals surface area contributed by atoms with E-state index in [0.29, 0.717) is 6.04 Å². The van der Waals surface area contributed by atoms with E-state index in [9.17, 15) is 0 Å². The van der Waals surface area contributed by atoms with Crippen LogP contribution in [0.2, 0.25) is 0 Å². The lowest BCUT2D eigenvalue weighted by atomic mass is 10.1. The van der Waals surface area contributed by atoms with Gasteiger partial charge in [0.2, 0.25) is 0 Å². The molecule has 0 aromatic carbocycles. The molecular weight excluding hydrogens is 158 g/mol. The van der Waals surface area contributed by atoms with Crippen molar-refractivity contribution >= 4 is 11.6 Å². The molecule has 62 valence electrons. The van der Waals surface area contributed by atoms with Crippen molar-refractivity contribution in [1.82, 2.24) is 0 Å². The summed E-state index contributed by atoms with van der Waals surface area (Å²) in [6, 6.07) is 1.51. The van der Waals surface area contributed by atoms with Gasteiger partial charge < -0.3 is 4.48 Å². The summed E-state index contributed by atoms with van der Waals surface area (Å²) in [6.07, 6.45) is 3.87. The first-order chi connectivity index (χ1) is 5.28. The number of halogens is 1. The molecule has 2 unspecified atom stereocenters. The minimum Gasteiger partial charge on any atom is -0.305 e. The molecule has 11 heavy (non-hydrogen) atoms. The van der Waals surface area contributed by atoms with Crippen LogP contribution < -0.4 is 0 Å². The Morgan fingerprint density at radius 1 is 1.55 bits per heavy atom. The number of nitrogens with zero attached hydrogens (tertiary/aromatic N) is 1. The molecule has 0 amide bonds. The fourth-order valence-electron chi connectivity index (χ4n) is 2.62. The highest BCUT2D eigenvalue weighted by atomic mass is 35.5. The number of hydrogen-bond donors (Lipinski definition) is 0. The Morgan fingerprint density at radius 2 is 2.36 bits per heavy atom. The van der Waals surface area contributed by atoms with Crippen molar-refractivity contribution in [3.63, 3.8) is 0 Å². The molecular formula is C9H15ClN+. The van der Waals surface area contributed by atoms with E-state index in [1.807, 2.05) is 0 Å². The lowest BCUT2D eigenvalue weighted by Crippen LogP contribution is -2.46. The summed E-state index contributed by atoms with van der Waals surface area (Å²) in [5, 5.41) is 0. The normalized spacial score (nSPS) is 43.0. The number of hydrogen-bond acceptors (Lipinski definition) is 0. The molecule has 0 saturated carbocycles. The van der Waals surface area contributed by atoms with Crippen LogP contribution in [0.3, 0.4) is 0 Å². The van der Waals surface area contributed by atoms with Gasteiger partial charge in [-0.25, -0.2) is 0 Å². The number of rotatable bonds is 1. The van der Waals surface area contributed by atoms with Gasteiger partial charge >= 0.3 is 0 Å². The second kappa shape index (κ2) is 2.49. The first-order valence-electron chi connectivity index (χ1n) is 4.38. The van der Waals surface area contributed by atoms with Crippen LogP contribution in [0.5, 0.6) is 0 Å². The van der Waals surface area contributed by atoms with E-state index in [-0.39, 0.29) is 0 Å². The Morgan fingerprint density at radius 3 is 3.00 bits per heavy atom. The summed E-state index contributed by atoms with van der Waals surface area (Å²) in [4.78, 5) is 0. The molecule has 0 aliphatic carbocycles. The SMILES string of the molecule is C=C1CC[N+]2(CCl)CCCC12. The van der Waals surface area contributed by atoms with Gasteiger partial charge in [0.05, 0.1) is 13.1 Å². The Balaban J connectivity index is 2.25. The van der Waals surface area contributed by atoms with E-state index in [1.54, 1.807) is 0 Å². The quantitative estimate of drug-likeness (QED) is 0.246. The van der Waals surface area contributed by atoms with Crippen molar-refractivity contribution < 1.29 is 4.48 Å². The highest BCUT2D eigenvalue weighted by Gasteiger charge is 2.46. The lowest BCUT2D eigenvalue weighted by Gasteiger charge is -2.31. The van der Waals surface area contributed by atoms with Gasteiger partial charge in [0.1, 0.15) is 6.04 Å². The van der Waals surface area contributed by atoms with Gasteiger partial charge in [0.15, 0.2) is 6.00 Å². The van der Waals surface area contributed by atoms with Crippen molar-refractivity contribution in [2.24, 2.45) is 0 Å². The molecule has 1 nitrogen and oxygen atoms in total. The Labute approximate surface area is 73.2 Å². The zero-order chi connectivity index (χ0) is 7.90. The maximum Gasteiger partial charge on any atom is 0.155 e. The van der Waals surface area contributed by atoms with Gasteiger partial charge in [0, 0.05) is 19.3 Å². The summed E-state index contributed by atoms with van der Waals surface area (Å²) in [5.41, 5.74) is 1.45. The molecule has 2 aliphatic heterocycles. The molecule has 0 aromatic heterocycles. The predicted octanol–water partition coefficient (Wildman–Crippen LogP) is 2.12. The Bertz CT molecular complexity index is 190. The average Bonchev–Trinajstić information content (AvgIpc) is 2.53. The first kappa shape index (κ1) is 7.63. The van der Waals surface area contributed by atoms with Crippen molar-refractivity contribution in [3.8, 4) is 0 Å². The van der Waals surface area contributed by atoms with Crippen molar-refractivity contribution in [1.29, 1.82) is 0 Å². The molecule has 2 fully saturated rings. The van der Waals surface area contributed by atoms with Crippen LogP contribution in [-0.4, -0.2) is 29.6 Å². The molecule has 0 bridgehead atoms.